The summed E-state index contributed by atoms with van der Waals surface area (Å²) >= 11 is 0. The van der Waals surface area contributed by atoms with Gasteiger partial charge in [0.25, 0.3) is 5.91 Å². The summed E-state index contributed by atoms with van der Waals surface area (Å²) in [5.41, 5.74) is 1.96. The summed E-state index contributed by atoms with van der Waals surface area (Å²) in [4.78, 5) is 20.1. The van der Waals surface area contributed by atoms with Crippen LogP contribution >= 0.6 is 0 Å². The van der Waals surface area contributed by atoms with Crippen LogP contribution in [0.5, 0.6) is 0 Å². The van der Waals surface area contributed by atoms with Crippen molar-refractivity contribution in [2.45, 2.75) is 24.9 Å². The van der Waals surface area contributed by atoms with Gasteiger partial charge in [0.1, 0.15) is 5.69 Å². The molecule has 1 amide bonds. The third kappa shape index (κ3) is 2.92. The first-order valence-corrected chi connectivity index (χ1v) is 7.81. The number of nitrogens with zero attached hydrogens (tertiary/aromatic N) is 2. The molecule has 1 saturated heterocycles. The second-order valence-corrected chi connectivity index (χ2v) is 6.16. The molecule has 1 aromatic carbocycles. The quantitative estimate of drug-likeness (QED) is 0.941. The van der Waals surface area contributed by atoms with Gasteiger partial charge in [0, 0.05) is 18.8 Å². The molecule has 2 heterocycles. The van der Waals surface area contributed by atoms with Gasteiger partial charge in [-0.25, -0.2) is 0 Å². The van der Waals surface area contributed by atoms with Gasteiger partial charge in [-0.05, 0) is 44.6 Å². The van der Waals surface area contributed by atoms with Crippen LogP contribution in [-0.2, 0) is 6.42 Å². The summed E-state index contributed by atoms with van der Waals surface area (Å²) in [7, 11) is 4.20. The first-order valence-electron chi connectivity index (χ1n) is 7.81. The molecule has 1 aliphatic rings. The van der Waals surface area contributed by atoms with Gasteiger partial charge < -0.3 is 14.8 Å². The fourth-order valence-corrected chi connectivity index (χ4v) is 3.41. The Labute approximate surface area is 131 Å². The predicted molar refractivity (Wildman–Crippen MR) is 87.9 cm³/mol. The molecule has 2 atom stereocenters. The first kappa shape index (κ1) is 14.9. The molecule has 22 heavy (non-hydrogen) atoms. The van der Waals surface area contributed by atoms with Crippen LogP contribution in [0.3, 0.4) is 0 Å². The molecule has 0 spiro atoms. The number of aromatic amines is 1. The molecular weight excluding hydrogens is 274 g/mol. The van der Waals surface area contributed by atoms with E-state index >= 15 is 0 Å². The minimum Gasteiger partial charge on any atom is -0.357 e. The molecule has 4 heteroatoms. The van der Waals surface area contributed by atoms with E-state index in [1.54, 1.807) is 6.20 Å². The molecule has 4 nitrogen and oxygen atoms in total. The van der Waals surface area contributed by atoms with Gasteiger partial charge in [-0.1, -0.05) is 30.3 Å². The van der Waals surface area contributed by atoms with Crippen LogP contribution in [0.25, 0.3) is 0 Å². The largest absolute Gasteiger partial charge is 0.357 e. The van der Waals surface area contributed by atoms with E-state index in [0.29, 0.717) is 11.7 Å². The summed E-state index contributed by atoms with van der Waals surface area (Å²) in [5.74, 6) is 0.107. The number of hydrogen-bond donors (Lipinski definition) is 1. The number of likely N-dealkylation sites (tertiary alicyclic amines) is 1. The summed E-state index contributed by atoms with van der Waals surface area (Å²) < 4.78 is 0. The Morgan fingerprint density at radius 1 is 1.23 bits per heavy atom. The Hall–Kier alpha value is -2.07. The number of amides is 1. The number of benzene rings is 1. The maximum Gasteiger partial charge on any atom is 0.270 e. The average molecular weight is 297 g/mol. The van der Waals surface area contributed by atoms with Crippen molar-refractivity contribution >= 4 is 5.91 Å². The van der Waals surface area contributed by atoms with Crippen LogP contribution in [0.1, 0.15) is 22.5 Å². The predicted octanol–water partition coefficient (Wildman–Crippen LogP) is 2.40. The van der Waals surface area contributed by atoms with E-state index in [-0.39, 0.29) is 11.9 Å². The zero-order valence-corrected chi connectivity index (χ0v) is 13.2. The standard InChI is InChI=1S/C18H23N3O/c1-20(2)16-10-12-21(18(22)15-9-6-11-19-15)17(16)13-14-7-4-3-5-8-14/h3-9,11,16-17,19H,10,12-13H2,1-2H3/t16-,17+/m1/s1. The summed E-state index contributed by atoms with van der Waals surface area (Å²) in [5, 5.41) is 0. The highest BCUT2D eigenvalue weighted by atomic mass is 16.2. The Balaban J connectivity index is 1.84. The van der Waals surface area contributed by atoms with E-state index in [9.17, 15) is 4.79 Å². The van der Waals surface area contributed by atoms with E-state index in [0.717, 1.165) is 19.4 Å². The summed E-state index contributed by atoms with van der Waals surface area (Å²) in [6.45, 7) is 0.818. The van der Waals surface area contributed by atoms with Crippen molar-refractivity contribution < 1.29 is 4.79 Å². The van der Waals surface area contributed by atoms with Crippen LogP contribution in [0.2, 0.25) is 0 Å². The maximum atomic E-state index is 12.8. The molecule has 116 valence electrons. The van der Waals surface area contributed by atoms with Gasteiger partial charge in [0.15, 0.2) is 0 Å². The molecule has 2 aromatic rings. The lowest BCUT2D eigenvalue weighted by Crippen LogP contribution is -2.45. The molecule has 1 fully saturated rings. The number of aromatic nitrogens is 1. The number of hydrogen-bond acceptors (Lipinski definition) is 2. The minimum absolute atomic E-state index is 0.107. The summed E-state index contributed by atoms with van der Waals surface area (Å²) in [6.07, 6.45) is 3.73. The molecule has 0 radical (unpaired) electrons. The molecule has 1 aliphatic heterocycles. The Kier molecular flexibility index (Phi) is 4.29. The number of likely N-dealkylation sites (N-methyl/N-ethyl adjacent to an activating group) is 1. The van der Waals surface area contributed by atoms with Crippen LogP contribution < -0.4 is 0 Å². The highest BCUT2D eigenvalue weighted by molar-refractivity contribution is 5.92. The topological polar surface area (TPSA) is 39.3 Å². The van der Waals surface area contributed by atoms with Gasteiger partial charge in [-0.2, -0.15) is 0 Å². The number of carbonyl (C=O) groups excluding carboxylic acids is 1. The van der Waals surface area contributed by atoms with Crippen molar-refractivity contribution in [3.63, 3.8) is 0 Å². The number of nitrogens with one attached hydrogen (secondary N) is 1. The second-order valence-electron chi connectivity index (χ2n) is 6.16. The van der Waals surface area contributed by atoms with Crippen molar-refractivity contribution in [1.82, 2.24) is 14.8 Å². The fraction of sp³-hybridized carbons (Fsp3) is 0.389. The van der Waals surface area contributed by atoms with Crippen molar-refractivity contribution in [3.8, 4) is 0 Å². The smallest absolute Gasteiger partial charge is 0.270 e. The number of carbonyl (C=O) groups is 1. The first-order chi connectivity index (χ1) is 10.7. The van der Waals surface area contributed by atoms with E-state index < -0.39 is 0 Å². The van der Waals surface area contributed by atoms with Crippen LogP contribution in [0.4, 0.5) is 0 Å². The Morgan fingerprint density at radius 3 is 2.64 bits per heavy atom. The number of H-pyrrole nitrogens is 1. The molecular formula is C18H23N3O. The summed E-state index contributed by atoms with van der Waals surface area (Å²) in [6, 6.07) is 14.8. The van der Waals surface area contributed by atoms with Crippen molar-refractivity contribution in [3.05, 3.63) is 59.9 Å². The highest BCUT2D eigenvalue weighted by Crippen LogP contribution is 2.26. The SMILES string of the molecule is CN(C)[C@@H]1CCN(C(=O)c2ccc[nH]2)[C@H]1Cc1ccccc1. The monoisotopic (exact) mass is 297 g/mol. The molecule has 0 unspecified atom stereocenters. The van der Waals surface area contributed by atoms with E-state index in [4.69, 9.17) is 0 Å². The van der Waals surface area contributed by atoms with Gasteiger partial charge >= 0.3 is 0 Å². The van der Waals surface area contributed by atoms with E-state index in [1.165, 1.54) is 5.56 Å². The molecule has 1 N–H and O–H groups in total. The molecule has 0 saturated carbocycles. The normalized spacial score (nSPS) is 21.5. The Morgan fingerprint density at radius 2 is 2.00 bits per heavy atom. The maximum absolute atomic E-state index is 12.8. The zero-order valence-electron chi connectivity index (χ0n) is 13.2. The molecule has 0 aliphatic carbocycles. The average Bonchev–Trinajstić information content (AvgIpc) is 3.17. The third-order valence-electron chi connectivity index (χ3n) is 4.55. The molecule has 0 bridgehead atoms. The van der Waals surface area contributed by atoms with Crippen LogP contribution in [0.15, 0.2) is 48.7 Å². The Bertz CT molecular complexity index is 607. The highest BCUT2D eigenvalue weighted by Gasteiger charge is 2.38. The van der Waals surface area contributed by atoms with Crippen LogP contribution in [0, 0.1) is 0 Å². The van der Waals surface area contributed by atoms with E-state index in [1.807, 2.05) is 23.1 Å². The zero-order chi connectivity index (χ0) is 15.5. The van der Waals surface area contributed by atoms with Gasteiger partial charge in [0.05, 0.1) is 6.04 Å². The van der Waals surface area contributed by atoms with Gasteiger partial charge in [-0.15, -0.1) is 0 Å². The lowest BCUT2D eigenvalue weighted by Gasteiger charge is -2.31. The van der Waals surface area contributed by atoms with Crippen molar-refractivity contribution in [2.75, 3.05) is 20.6 Å². The number of rotatable bonds is 4. The van der Waals surface area contributed by atoms with Crippen LogP contribution in [-0.4, -0.2) is 53.4 Å². The van der Waals surface area contributed by atoms with E-state index in [2.05, 4.69) is 48.2 Å². The van der Waals surface area contributed by atoms with Gasteiger partial charge in [-0.3, -0.25) is 4.79 Å². The second kappa shape index (κ2) is 6.36. The van der Waals surface area contributed by atoms with Crippen molar-refractivity contribution in [2.24, 2.45) is 0 Å². The molecule has 1 aromatic heterocycles. The minimum atomic E-state index is 0.107. The third-order valence-corrected chi connectivity index (χ3v) is 4.55. The lowest BCUT2D eigenvalue weighted by molar-refractivity contribution is 0.0699. The lowest BCUT2D eigenvalue weighted by atomic mass is 9.99. The molecule has 3 rings (SSSR count). The fourth-order valence-electron chi connectivity index (χ4n) is 3.41. The van der Waals surface area contributed by atoms with Gasteiger partial charge in [0.2, 0.25) is 0 Å². The van der Waals surface area contributed by atoms with Crippen molar-refractivity contribution in [1.29, 1.82) is 0 Å².